The average molecular weight is 493 g/mol. The van der Waals surface area contributed by atoms with Crippen LogP contribution in [0.1, 0.15) is 27.7 Å². The van der Waals surface area contributed by atoms with Crippen molar-refractivity contribution in [3.05, 3.63) is 68.2 Å². The quantitative estimate of drug-likeness (QED) is 0.276. The first-order chi connectivity index (χ1) is 16.5. The smallest absolute Gasteiger partial charge is 0.357 e. The van der Waals surface area contributed by atoms with Crippen LogP contribution in [0, 0.1) is 16.7 Å². The zero-order valence-corrected chi connectivity index (χ0v) is 21.3. The third-order valence-electron chi connectivity index (χ3n) is 4.70. The van der Waals surface area contributed by atoms with Gasteiger partial charge >= 0.3 is 5.97 Å². The van der Waals surface area contributed by atoms with Crippen molar-refractivity contribution >= 4 is 46.1 Å². The summed E-state index contributed by atoms with van der Waals surface area (Å²) in [6.45, 7) is 11.1. The number of thiazole rings is 1. The molecule has 1 aromatic carbocycles. The number of anilines is 2. The highest BCUT2D eigenvalue weighted by Crippen LogP contribution is 2.24. The number of hydrogen-bond donors (Lipinski definition) is 1. The number of nitriles is 1. The standard InChI is InChI=1S/C26H28N4O4S/c1-7-14-34-24(32)18(17-27)15-22-30(8-2)23(31)21(35-22)12-13-28-19-10-9-11-20(16-19)29(6)25(33)26(3,4)5/h7,9-11,13,16,28H,1,8,14H2,2-6H3. The van der Waals surface area contributed by atoms with E-state index in [1.54, 1.807) is 24.9 Å². The molecule has 1 aromatic heterocycles. The number of nitrogens with zero attached hydrogens (tertiary/aromatic N) is 3. The van der Waals surface area contributed by atoms with Gasteiger partial charge in [-0.1, -0.05) is 62.3 Å². The van der Waals surface area contributed by atoms with Crippen molar-refractivity contribution in [2.45, 2.75) is 34.2 Å². The Morgan fingerprint density at radius 3 is 2.66 bits per heavy atom. The summed E-state index contributed by atoms with van der Waals surface area (Å²) in [7, 11) is 1.72. The number of nitrogens with one attached hydrogen (secondary N) is 1. The van der Waals surface area contributed by atoms with Crippen LogP contribution in [0.2, 0.25) is 0 Å². The van der Waals surface area contributed by atoms with Gasteiger partial charge in [0.2, 0.25) is 5.91 Å². The zero-order valence-electron chi connectivity index (χ0n) is 20.5. The molecule has 1 N–H and O–H groups in total. The Labute approximate surface area is 208 Å². The van der Waals surface area contributed by atoms with E-state index >= 15 is 0 Å². The molecule has 0 bridgehead atoms. The van der Waals surface area contributed by atoms with Gasteiger partial charge in [-0.05, 0) is 25.1 Å². The molecule has 2 rings (SSSR count). The molecule has 0 aliphatic rings. The molecular weight excluding hydrogens is 464 g/mol. The highest BCUT2D eigenvalue weighted by molar-refractivity contribution is 7.07. The number of ether oxygens (including phenoxy) is 1. The minimum atomic E-state index is -0.839. The van der Waals surface area contributed by atoms with Crippen LogP contribution in [0.25, 0.3) is 11.5 Å². The van der Waals surface area contributed by atoms with Crippen LogP contribution in [-0.4, -0.2) is 30.1 Å². The van der Waals surface area contributed by atoms with Crippen LogP contribution in [0.15, 0.2) is 53.5 Å². The summed E-state index contributed by atoms with van der Waals surface area (Å²) < 4.78 is 6.86. The highest BCUT2D eigenvalue weighted by Gasteiger charge is 2.25. The van der Waals surface area contributed by atoms with E-state index in [0.29, 0.717) is 16.9 Å². The second-order valence-corrected chi connectivity index (χ2v) is 9.38. The molecule has 2 aromatic rings. The van der Waals surface area contributed by atoms with Crippen LogP contribution in [0.4, 0.5) is 11.4 Å². The average Bonchev–Trinajstić information content (AvgIpc) is 3.13. The Kier molecular flexibility index (Phi) is 9.21. The van der Waals surface area contributed by atoms with E-state index < -0.39 is 11.4 Å². The Balaban J connectivity index is 2.46. The van der Waals surface area contributed by atoms with E-state index in [1.807, 2.05) is 45.0 Å². The molecule has 1 amide bonds. The lowest BCUT2D eigenvalue weighted by Crippen LogP contribution is -2.36. The number of aromatic nitrogens is 1. The summed E-state index contributed by atoms with van der Waals surface area (Å²) in [6, 6.07) is 9.05. The fourth-order valence-corrected chi connectivity index (χ4v) is 3.91. The molecule has 9 heteroatoms. The SMILES string of the molecule is C=CCOC(=O)C(=C=c1sc(=C=CNc2cccc(N(C)C(=O)C(C)(C)C)c2)c(=O)n1CC)C#N. The monoisotopic (exact) mass is 492 g/mol. The van der Waals surface area contributed by atoms with E-state index in [-0.39, 0.29) is 28.2 Å². The van der Waals surface area contributed by atoms with Crippen molar-refractivity contribution in [2.24, 2.45) is 5.41 Å². The van der Waals surface area contributed by atoms with Crippen molar-refractivity contribution in [2.75, 3.05) is 23.9 Å². The third kappa shape index (κ3) is 6.95. The van der Waals surface area contributed by atoms with E-state index in [9.17, 15) is 19.6 Å². The number of esters is 1. The van der Waals surface area contributed by atoms with Crippen LogP contribution in [0.5, 0.6) is 0 Å². The lowest BCUT2D eigenvalue weighted by molar-refractivity contribution is -0.137. The summed E-state index contributed by atoms with van der Waals surface area (Å²) in [6.07, 6.45) is 2.88. The number of carbonyl (C=O) groups is 2. The number of rotatable bonds is 7. The number of benzene rings is 1. The molecule has 0 spiro atoms. The normalized spacial score (nSPS) is 10.3. The summed E-state index contributed by atoms with van der Waals surface area (Å²) in [5.41, 5.74) is 5.86. The molecule has 182 valence electrons. The molecule has 0 atom stereocenters. The van der Waals surface area contributed by atoms with Gasteiger partial charge in [0.25, 0.3) is 5.56 Å². The Morgan fingerprint density at radius 2 is 2.06 bits per heavy atom. The molecule has 0 saturated heterocycles. The van der Waals surface area contributed by atoms with Gasteiger partial charge in [0.1, 0.15) is 21.9 Å². The second kappa shape index (κ2) is 11.9. The van der Waals surface area contributed by atoms with Gasteiger partial charge in [-0.15, -0.1) is 0 Å². The largest absolute Gasteiger partial charge is 0.457 e. The zero-order chi connectivity index (χ0) is 26.2. The highest BCUT2D eigenvalue weighted by atomic mass is 32.1. The molecule has 0 aliphatic carbocycles. The van der Waals surface area contributed by atoms with Crippen molar-refractivity contribution < 1.29 is 14.3 Å². The lowest BCUT2D eigenvalue weighted by atomic mass is 9.94. The topological polar surface area (TPSA) is 104 Å². The van der Waals surface area contributed by atoms with Gasteiger partial charge in [-0.3, -0.25) is 14.2 Å². The van der Waals surface area contributed by atoms with Crippen molar-refractivity contribution in [1.82, 2.24) is 4.57 Å². The van der Waals surface area contributed by atoms with Crippen molar-refractivity contribution in [3.8, 4) is 6.07 Å². The maximum Gasteiger partial charge on any atom is 0.357 e. The Morgan fingerprint density at radius 1 is 1.34 bits per heavy atom. The summed E-state index contributed by atoms with van der Waals surface area (Å²) in [5, 5.41) is 12.3. The van der Waals surface area contributed by atoms with Crippen molar-refractivity contribution in [3.63, 3.8) is 0 Å². The van der Waals surface area contributed by atoms with Crippen LogP contribution in [0.3, 0.4) is 0 Å². The first kappa shape index (κ1) is 27.2. The minimum Gasteiger partial charge on any atom is -0.457 e. The molecule has 0 radical (unpaired) electrons. The summed E-state index contributed by atoms with van der Waals surface area (Å²) in [5.74, 6) is -0.856. The van der Waals surface area contributed by atoms with Gasteiger partial charge in [-0.2, -0.15) is 5.26 Å². The lowest BCUT2D eigenvalue weighted by Gasteiger charge is -2.26. The van der Waals surface area contributed by atoms with Crippen molar-refractivity contribution in [1.29, 1.82) is 5.26 Å². The summed E-state index contributed by atoms with van der Waals surface area (Å²) in [4.78, 5) is 38.9. The van der Waals surface area contributed by atoms with E-state index in [4.69, 9.17) is 4.74 Å². The van der Waals surface area contributed by atoms with Gasteiger partial charge in [0.05, 0.1) is 0 Å². The van der Waals surface area contributed by atoms with Gasteiger partial charge in [-0.25, -0.2) is 4.79 Å². The maximum atomic E-state index is 12.7. The van der Waals surface area contributed by atoms with E-state index in [0.717, 1.165) is 17.0 Å². The molecule has 0 unspecified atom stereocenters. The number of carbonyl (C=O) groups excluding carboxylic acids is 2. The predicted octanol–water partition coefficient (Wildman–Crippen LogP) is 2.50. The molecule has 35 heavy (non-hydrogen) atoms. The first-order valence-electron chi connectivity index (χ1n) is 10.8. The third-order valence-corrected chi connectivity index (χ3v) is 5.71. The first-order valence-corrected chi connectivity index (χ1v) is 11.6. The Hall–Kier alpha value is -4.08. The number of hydrogen-bond acceptors (Lipinski definition) is 7. The van der Waals surface area contributed by atoms with Gasteiger partial charge in [0, 0.05) is 36.6 Å². The van der Waals surface area contributed by atoms with Crippen LogP contribution >= 0.6 is 11.3 Å². The van der Waals surface area contributed by atoms with Crippen LogP contribution < -0.4 is 25.0 Å². The Bertz CT molecular complexity index is 1420. The summed E-state index contributed by atoms with van der Waals surface area (Å²) >= 11 is 1.05. The second-order valence-electron chi connectivity index (χ2n) is 8.38. The van der Waals surface area contributed by atoms with Gasteiger partial charge < -0.3 is 15.0 Å². The molecular formula is C26H28N4O4S. The molecule has 8 nitrogen and oxygen atoms in total. The number of amides is 1. The van der Waals surface area contributed by atoms with Gasteiger partial charge in [0.15, 0.2) is 5.57 Å². The van der Waals surface area contributed by atoms with E-state index in [1.165, 1.54) is 16.8 Å². The molecule has 0 aliphatic heterocycles. The van der Waals surface area contributed by atoms with E-state index in [2.05, 4.69) is 23.4 Å². The molecule has 1 heterocycles. The maximum absolute atomic E-state index is 12.7. The predicted molar refractivity (Wildman–Crippen MR) is 138 cm³/mol. The molecule has 0 fully saturated rings. The minimum absolute atomic E-state index is 0.0163. The fraction of sp³-hybridized carbons (Fsp3) is 0.308. The molecule has 0 saturated carbocycles. The fourth-order valence-electron chi connectivity index (χ4n) is 2.93. The van der Waals surface area contributed by atoms with Crippen LogP contribution in [-0.2, 0) is 20.9 Å².